The number of carboxylic acid groups (broad SMARTS) is 1. The van der Waals surface area contributed by atoms with E-state index in [9.17, 15) is 22.8 Å². The van der Waals surface area contributed by atoms with E-state index in [1.807, 2.05) is 0 Å². The van der Waals surface area contributed by atoms with E-state index in [1.165, 1.54) is 11.4 Å². The number of halogens is 3. The molecular formula is C8H6F3NO4. The number of carbonyl (C=O) groups is 2. The molecule has 1 unspecified atom stereocenters. The molecule has 88 valence electrons. The summed E-state index contributed by atoms with van der Waals surface area (Å²) in [5.41, 5.74) is 0. The summed E-state index contributed by atoms with van der Waals surface area (Å²) in [6.45, 7) is 0. The van der Waals surface area contributed by atoms with Crippen LogP contribution in [0, 0.1) is 0 Å². The van der Waals surface area contributed by atoms with Gasteiger partial charge in [0.2, 0.25) is 0 Å². The minimum absolute atomic E-state index is 0.287. The lowest BCUT2D eigenvalue weighted by atomic mass is 10.2. The second-order valence-electron chi connectivity index (χ2n) is 2.76. The van der Waals surface area contributed by atoms with Crippen molar-refractivity contribution >= 4 is 11.9 Å². The summed E-state index contributed by atoms with van der Waals surface area (Å²) in [6, 6.07) is 0.588. The number of hydrogen-bond donors (Lipinski definition) is 2. The van der Waals surface area contributed by atoms with E-state index in [-0.39, 0.29) is 5.76 Å². The number of furan rings is 1. The van der Waals surface area contributed by atoms with Crippen LogP contribution in [0.3, 0.4) is 0 Å². The molecule has 0 aliphatic heterocycles. The van der Waals surface area contributed by atoms with E-state index in [0.29, 0.717) is 0 Å². The molecule has 0 bridgehead atoms. The number of carbonyl (C=O) groups excluding carboxylic acids is 1. The van der Waals surface area contributed by atoms with Gasteiger partial charge in [-0.1, -0.05) is 0 Å². The molecule has 0 radical (unpaired) electrons. The van der Waals surface area contributed by atoms with Gasteiger partial charge in [-0.2, -0.15) is 13.2 Å². The Morgan fingerprint density at radius 2 is 2.06 bits per heavy atom. The smallest absolute Gasteiger partial charge is 0.471 e. The maximum absolute atomic E-state index is 11.9. The van der Waals surface area contributed by atoms with Crippen molar-refractivity contribution in [1.82, 2.24) is 5.32 Å². The van der Waals surface area contributed by atoms with E-state index in [4.69, 9.17) is 5.11 Å². The van der Waals surface area contributed by atoms with Gasteiger partial charge in [0, 0.05) is 0 Å². The van der Waals surface area contributed by atoms with Crippen molar-refractivity contribution in [1.29, 1.82) is 0 Å². The molecule has 2 N–H and O–H groups in total. The van der Waals surface area contributed by atoms with Gasteiger partial charge in [-0.15, -0.1) is 0 Å². The summed E-state index contributed by atoms with van der Waals surface area (Å²) >= 11 is 0. The highest BCUT2D eigenvalue weighted by Crippen LogP contribution is 2.19. The third-order valence-electron chi connectivity index (χ3n) is 1.61. The van der Waals surface area contributed by atoms with Crippen molar-refractivity contribution < 1.29 is 32.3 Å². The molecule has 1 aromatic heterocycles. The number of hydrogen-bond acceptors (Lipinski definition) is 3. The predicted octanol–water partition coefficient (Wildman–Crippen LogP) is 1.08. The predicted molar refractivity (Wildman–Crippen MR) is 43.3 cm³/mol. The number of rotatable bonds is 3. The van der Waals surface area contributed by atoms with Crippen molar-refractivity contribution in [3.05, 3.63) is 24.2 Å². The van der Waals surface area contributed by atoms with Crippen LogP contribution in [0.15, 0.2) is 22.8 Å². The molecule has 0 saturated carbocycles. The van der Waals surface area contributed by atoms with Gasteiger partial charge >= 0.3 is 18.1 Å². The van der Waals surface area contributed by atoms with Crippen LogP contribution < -0.4 is 5.32 Å². The zero-order chi connectivity index (χ0) is 12.3. The van der Waals surface area contributed by atoms with Gasteiger partial charge < -0.3 is 14.8 Å². The number of nitrogens with one attached hydrogen (secondary N) is 1. The zero-order valence-electron chi connectivity index (χ0n) is 7.62. The van der Waals surface area contributed by atoms with Crippen LogP contribution in [0.25, 0.3) is 0 Å². The third kappa shape index (κ3) is 2.75. The summed E-state index contributed by atoms with van der Waals surface area (Å²) in [4.78, 5) is 21.2. The molecule has 16 heavy (non-hydrogen) atoms. The van der Waals surface area contributed by atoms with Crippen LogP contribution in [-0.2, 0) is 9.59 Å². The summed E-state index contributed by atoms with van der Waals surface area (Å²) in [6.07, 6.45) is -4.05. The number of amides is 1. The minimum atomic E-state index is -5.14. The van der Waals surface area contributed by atoms with Gasteiger partial charge in [0.25, 0.3) is 0 Å². The number of carboxylic acids is 1. The molecule has 0 fully saturated rings. The van der Waals surface area contributed by atoms with Gasteiger partial charge in [0.1, 0.15) is 5.76 Å². The first-order valence-electron chi connectivity index (χ1n) is 3.96. The molecule has 0 aliphatic rings. The van der Waals surface area contributed by atoms with Crippen LogP contribution in [0.5, 0.6) is 0 Å². The van der Waals surface area contributed by atoms with Crippen LogP contribution in [0.2, 0.25) is 0 Å². The largest absolute Gasteiger partial charge is 0.479 e. The van der Waals surface area contributed by atoms with Crippen molar-refractivity contribution in [3.8, 4) is 0 Å². The van der Waals surface area contributed by atoms with E-state index >= 15 is 0 Å². The second kappa shape index (κ2) is 4.25. The fourth-order valence-corrected chi connectivity index (χ4v) is 0.923. The lowest BCUT2D eigenvalue weighted by Crippen LogP contribution is -2.41. The highest BCUT2D eigenvalue weighted by molar-refractivity contribution is 5.87. The Hall–Kier alpha value is -1.99. The molecule has 5 nitrogen and oxygen atoms in total. The summed E-state index contributed by atoms with van der Waals surface area (Å²) in [5.74, 6) is -4.27. The molecule has 8 heteroatoms. The Bertz CT molecular complexity index is 384. The Morgan fingerprint density at radius 1 is 1.44 bits per heavy atom. The van der Waals surface area contributed by atoms with E-state index in [0.717, 1.165) is 12.3 Å². The molecule has 0 saturated heterocycles. The maximum atomic E-state index is 11.9. The minimum Gasteiger partial charge on any atom is -0.479 e. The normalized spacial score (nSPS) is 13.2. The first kappa shape index (κ1) is 12.1. The van der Waals surface area contributed by atoms with Gasteiger partial charge in [-0.05, 0) is 12.1 Å². The molecule has 0 aliphatic carbocycles. The zero-order valence-corrected chi connectivity index (χ0v) is 7.62. The fourth-order valence-electron chi connectivity index (χ4n) is 0.923. The summed E-state index contributed by atoms with van der Waals surface area (Å²) < 4.78 is 40.2. The Morgan fingerprint density at radius 3 is 2.44 bits per heavy atom. The molecule has 0 aromatic carbocycles. The summed E-state index contributed by atoms with van der Waals surface area (Å²) in [7, 11) is 0. The molecular weight excluding hydrogens is 231 g/mol. The lowest BCUT2D eigenvalue weighted by Gasteiger charge is -2.13. The van der Waals surface area contributed by atoms with E-state index in [2.05, 4.69) is 4.42 Å². The van der Waals surface area contributed by atoms with Crippen LogP contribution in [0.1, 0.15) is 11.8 Å². The quantitative estimate of drug-likeness (QED) is 0.824. The Kier molecular flexibility index (Phi) is 3.21. The van der Waals surface area contributed by atoms with Gasteiger partial charge in [-0.3, -0.25) is 4.79 Å². The second-order valence-corrected chi connectivity index (χ2v) is 2.76. The molecule has 1 amide bonds. The first-order chi connectivity index (χ1) is 7.32. The Balaban J connectivity index is 2.83. The number of aliphatic carboxylic acids is 1. The Labute approximate surface area is 86.8 Å². The summed E-state index contributed by atoms with van der Waals surface area (Å²) in [5, 5.41) is 9.92. The molecule has 1 aromatic rings. The molecule has 1 heterocycles. The van der Waals surface area contributed by atoms with Crippen molar-refractivity contribution in [3.63, 3.8) is 0 Å². The fraction of sp³-hybridized carbons (Fsp3) is 0.250. The molecule has 0 spiro atoms. The first-order valence-corrected chi connectivity index (χ1v) is 3.96. The number of alkyl halides is 3. The monoisotopic (exact) mass is 237 g/mol. The third-order valence-corrected chi connectivity index (χ3v) is 1.61. The van der Waals surface area contributed by atoms with E-state index in [1.54, 1.807) is 0 Å². The van der Waals surface area contributed by atoms with Crippen molar-refractivity contribution in [2.75, 3.05) is 0 Å². The molecule has 1 atom stereocenters. The maximum Gasteiger partial charge on any atom is 0.471 e. The highest BCUT2D eigenvalue weighted by Gasteiger charge is 2.41. The SMILES string of the molecule is O=C(O)C(NC(=O)C(F)(F)F)c1ccco1. The van der Waals surface area contributed by atoms with Crippen molar-refractivity contribution in [2.45, 2.75) is 12.2 Å². The van der Waals surface area contributed by atoms with Gasteiger partial charge in [0.05, 0.1) is 6.26 Å². The topological polar surface area (TPSA) is 79.5 Å². The van der Waals surface area contributed by atoms with Gasteiger partial charge in [-0.25, -0.2) is 4.79 Å². The van der Waals surface area contributed by atoms with Crippen molar-refractivity contribution in [2.24, 2.45) is 0 Å². The van der Waals surface area contributed by atoms with Crippen LogP contribution >= 0.6 is 0 Å². The average Bonchev–Trinajstić information content (AvgIpc) is 2.63. The van der Waals surface area contributed by atoms with Gasteiger partial charge in [0.15, 0.2) is 6.04 Å². The lowest BCUT2D eigenvalue weighted by molar-refractivity contribution is -0.175. The van der Waals surface area contributed by atoms with Crippen LogP contribution in [-0.4, -0.2) is 23.2 Å². The average molecular weight is 237 g/mol. The van der Waals surface area contributed by atoms with Crippen LogP contribution in [0.4, 0.5) is 13.2 Å². The van der Waals surface area contributed by atoms with E-state index < -0.39 is 24.1 Å². The highest BCUT2D eigenvalue weighted by atomic mass is 19.4. The standard InChI is InChI=1S/C8H6F3NO4/c9-8(10,11)7(15)12-5(6(13)14)4-2-1-3-16-4/h1-3,5H,(H,12,15)(H,13,14). The molecule has 1 rings (SSSR count).